The van der Waals surface area contributed by atoms with Crippen LogP contribution in [0.15, 0.2) is 91.0 Å². The molecule has 5 nitrogen and oxygen atoms in total. The minimum Gasteiger partial charge on any atom is -0.357 e. The van der Waals surface area contributed by atoms with Gasteiger partial charge in [-0.05, 0) is 23.5 Å². The van der Waals surface area contributed by atoms with Gasteiger partial charge in [-0.25, -0.2) is 0 Å². The molecule has 5 rings (SSSR count). The minimum absolute atomic E-state index is 0.0479. The van der Waals surface area contributed by atoms with Gasteiger partial charge in [-0.1, -0.05) is 117 Å². The summed E-state index contributed by atoms with van der Waals surface area (Å²) in [6.07, 6.45) is 5.98. The van der Waals surface area contributed by atoms with E-state index in [1.165, 1.54) is 12.8 Å². The van der Waals surface area contributed by atoms with Crippen molar-refractivity contribution in [3.8, 4) is 0 Å². The maximum Gasteiger partial charge on any atom is 0.243 e. The third kappa shape index (κ3) is 5.15. The number of carbonyl (C=O) groups excluding carboxylic acids is 3. The monoisotopic (exact) mass is 508 g/mol. The fourth-order valence-corrected chi connectivity index (χ4v) is 6.60. The van der Waals surface area contributed by atoms with Gasteiger partial charge in [0.05, 0.1) is 12.0 Å². The molecule has 3 aromatic carbocycles. The van der Waals surface area contributed by atoms with E-state index < -0.39 is 23.9 Å². The molecule has 1 heterocycles. The van der Waals surface area contributed by atoms with E-state index in [0.29, 0.717) is 17.9 Å². The Balaban J connectivity index is 1.65. The van der Waals surface area contributed by atoms with Crippen molar-refractivity contribution in [1.29, 1.82) is 0 Å². The SMILES string of the molecule is CNC(=O)C1C(c2ccccc2)C(C(=O)c2ccccc2)C(c2ccccc2)N1C(=O)CCC1CCCC1. The molecule has 38 heavy (non-hydrogen) atoms. The number of nitrogens with zero attached hydrogens (tertiary/aromatic N) is 1. The standard InChI is InChI=1S/C33H36N2O3/c1-34-33(38)31-28(24-15-5-2-6-16-24)29(32(37)26-19-9-4-10-20-26)30(25-17-7-3-8-18-25)35(31)27(36)22-21-23-13-11-12-14-23/h2-10,15-20,23,28-31H,11-14,21-22H2,1H3,(H,34,38). The molecule has 0 radical (unpaired) electrons. The van der Waals surface area contributed by atoms with Crippen LogP contribution in [-0.2, 0) is 9.59 Å². The average molecular weight is 509 g/mol. The number of benzene rings is 3. The van der Waals surface area contributed by atoms with Gasteiger partial charge in [-0.15, -0.1) is 0 Å². The number of likely N-dealkylation sites (tertiary alicyclic amines) is 1. The highest BCUT2D eigenvalue weighted by Crippen LogP contribution is 2.51. The summed E-state index contributed by atoms with van der Waals surface area (Å²) in [4.78, 5) is 43.9. The maximum atomic E-state index is 14.3. The minimum atomic E-state index is -0.790. The molecular formula is C33H36N2O3. The van der Waals surface area contributed by atoms with E-state index in [9.17, 15) is 14.4 Å². The van der Waals surface area contributed by atoms with E-state index in [0.717, 1.165) is 30.4 Å². The van der Waals surface area contributed by atoms with Gasteiger partial charge in [0.25, 0.3) is 0 Å². The molecule has 1 N–H and O–H groups in total. The summed E-state index contributed by atoms with van der Waals surface area (Å²) in [5.41, 5.74) is 2.36. The van der Waals surface area contributed by atoms with Crippen LogP contribution in [0.3, 0.4) is 0 Å². The molecule has 1 saturated heterocycles. The predicted octanol–water partition coefficient (Wildman–Crippen LogP) is 5.94. The first kappa shape index (κ1) is 25.9. The second-order valence-electron chi connectivity index (χ2n) is 10.6. The Bertz CT molecular complexity index is 1240. The summed E-state index contributed by atoms with van der Waals surface area (Å²) in [6, 6.07) is 27.4. The lowest BCUT2D eigenvalue weighted by Crippen LogP contribution is -2.47. The van der Waals surface area contributed by atoms with Gasteiger partial charge in [0.15, 0.2) is 5.78 Å². The molecule has 1 saturated carbocycles. The molecule has 3 aromatic rings. The fraction of sp³-hybridized carbons (Fsp3) is 0.364. The third-order valence-electron chi connectivity index (χ3n) is 8.40. The molecule has 1 aliphatic carbocycles. The number of likely N-dealkylation sites (N-methyl/N-ethyl adjacent to an activating group) is 1. The molecule has 0 aromatic heterocycles. The van der Waals surface area contributed by atoms with Gasteiger partial charge in [-0.3, -0.25) is 14.4 Å². The average Bonchev–Trinajstić information content (AvgIpc) is 3.63. The van der Waals surface area contributed by atoms with Crippen LogP contribution in [0.2, 0.25) is 0 Å². The van der Waals surface area contributed by atoms with Crippen molar-refractivity contribution < 1.29 is 14.4 Å². The lowest BCUT2D eigenvalue weighted by molar-refractivity contribution is -0.141. The molecule has 4 atom stereocenters. The molecular weight excluding hydrogens is 472 g/mol. The maximum absolute atomic E-state index is 14.3. The van der Waals surface area contributed by atoms with Gasteiger partial charge in [0, 0.05) is 24.9 Å². The van der Waals surface area contributed by atoms with Gasteiger partial charge in [-0.2, -0.15) is 0 Å². The lowest BCUT2D eigenvalue weighted by Gasteiger charge is -2.32. The van der Waals surface area contributed by atoms with Crippen LogP contribution < -0.4 is 5.32 Å². The molecule has 2 aliphatic rings. The number of amides is 2. The molecule has 0 spiro atoms. The first-order chi connectivity index (χ1) is 18.6. The highest BCUT2D eigenvalue weighted by Gasteiger charge is 2.57. The van der Waals surface area contributed by atoms with E-state index in [4.69, 9.17) is 0 Å². The molecule has 2 fully saturated rings. The highest BCUT2D eigenvalue weighted by atomic mass is 16.2. The fourth-order valence-electron chi connectivity index (χ4n) is 6.60. The third-order valence-corrected chi connectivity index (χ3v) is 8.40. The van der Waals surface area contributed by atoms with Crippen LogP contribution >= 0.6 is 0 Å². The normalized spacial score (nSPS) is 23.3. The van der Waals surface area contributed by atoms with Crippen molar-refractivity contribution in [2.24, 2.45) is 11.8 Å². The summed E-state index contributed by atoms with van der Waals surface area (Å²) in [6.45, 7) is 0. The smallest absolute Gasteiger partial charge is 0.243 e. The van der Waals surface area contributed by atoms with Gasteiger partial charge >= 0.3 is 0 Å². The van der Waals surface area contributed by atoms with E-state index in [2.05, 4.69) is 5.32 Å². The predicted molar refractivity (Wildman–Crippen MR) is 149 cm³/mol. The zero-order chi connectivity index (χ0) is 26.5. The molecule has 0 bridgehead atoms. The summed E-state index contributed by atoms with van der Waals surface area (Å²) in [5.74, 6) is -0.874. The van der Waals surface area contributed by atoms with Crippen LogP contribution in [0.25, 0.3) is 0 Å². The van der Waals surface area contributed by atoms with Crippen LogP contribution in [0.1, 0.15) is 72.0 Å². The van der Waals surface area contributed by atoms with Crippen molar-refractivity contribution in [1.82, 2.24) is 10.2 Å². The van der Waals surface area contributed by atoms with Crippen LogP contribution in [0.5, 0.6) is 0 Å². The highest BCUT2D eigenvalue weighted by molar-refractivity contribution is 6.01. The largest absolute Gasteiger partial charge is 0.357 e. The van der Waals surface area contributed by atoms with E-state index in [-0.39, 0.29) is 17.6 Å². The number of carbonyl (C=O) groups is 3. The van der Waals surface area contributed by atoms with Crippen LogP contribution in [-0.4, -0.2) is 35.6 Å². The summed E-state index contributed by atoms with van der Waals surface area (Å²) < 4.78 is 0. The Labute approximate surface area is 225 Å². The Kier molecular flexibility index (Phi) is 8.02. The van der Waals surface area contributed by atoms with E-state index >= 15 is 0 Å². The lowest BCUT2D eigenvalue weighted by atomic mass is 9.76. The summed E-state index contributed by atoms with van der Waals surface area (Å²) >= 11 is 0. The number of ketones is 1. The Morgan fingerprint density at radius 2 is 1.34 bits per heavy atom. The first-order valence-electron chi connectivity index (χ1n) is 13.8. The Morgan fingerprint density at radius 3 is 1.92 bits per heavy atom. The zero-order valence-corrected chi connectivity index (χ0v) is 22.0. The van der Waals surface area contributed by atoms with Crippen molar-refractivity contribution in [3.63, 3.8) is 0 Å². The Hall–Kier alpha value is -3.73. The van der Waals surface area contributed by atoms with Gasteiger partial charge in [0.1, 0.15) is 6.04 Å². The molecule has 196 valence electrons. The second-order valence-corrected chi connectivity index (χ2v) is 10.6. The second kappa shape index (κ2) is 11.8. The topological polar surface area (TPSA) is 66.5 Å². The quantitative estimate of drug-likeness (QED) is 0.383. The summed E-state index contributed by atoms with van der Waals surface area (Å²) in [7, 11) is 1.61. The Morgan fingerprint density at radius 1 is 0.789 bits per heavy atom. The van der Waals surface area contributed by atoms with Crippen LogP contribution in [0.4, 0.5) is 0 Å². The molecule has 5 heteroatoms. The van der Waals surface area contributed by atoms with E-state index in [1.54, 1.807) is 11.9 Å². The molecule has 1 aliphatic heterocycles. The van der Waals surface area contributed by atoms with Crippen molar-refractivity contribution in [2.75, 3.05) is 7.05 Å². The number of Topliss-reactive ketones (excluding diaryl/α,β-unsaturated/α-hetero) is 1. The number of rotatable bonds is 8. The first-order valence-corrected chi connectivity index (χ1v) is 13.8. The summed E-state index contributed by atoms with van der Waals surface area (Å²) in [5, 5.41) is 2.82. The van der Waals surface area contributed by atoms with Crippen molar-refractivity contribution >= 4 is 17.6 Å². The van der Waals surface area contributed by atoms with Gasteiger partial charge in [0.2, 0.25) is 11.8 Å². The van der Waals surface area contributed by atoms with Crippen molar-refractivity contribution in [3.05, 3.63) is 108 Å². The number of nitrogens with one attached hydrogen (secondary N) is 1. The number of hydrogen-bond donors (Lipinski definition) is 1. The molecule has 2 amide bonds. The van der Waals surface area contributed by atoms with Crippen molar-refractivity contribution in [2.45, 2.75) is 56.5 Å². The number of hydrogen-bond acceptors (Lipinski definition) is 3. The van der Waals surface area contributed by atoms with Gasteiger partial charge < -0.3 is 10.2 Å². The zero-order valence-electron chi connectivity index (χ0n) is 22.0. The molecule has 4 unspecified atom stereocenters. The van der Waals surface area contributed by atoms with E-state index in [1.807, 2.05) is 91.0 Å². The van der Waals surface area contributed by atoms with Crippen LogP contribution in [0, 0.1) is 11.8 Å².